The van der Waals surface area contributed by atoms with Gasteiger partial charge in [0.2, 0.25) is 0 Å². The number of methoxy groups -OCH3 is 1. The van der Waals surface area contributed by atoms with Crippen molar-refractivity contribution in [3.63, 3.8) is 0 Å². The van der Waals surface area contributed by atoms with Crippen LogP contribution in [0.5, 0.6) is 0 Å². The largest absolute Gasteiger partial charge is 0.368 e. The van der Waals surface area contributed by atoms with Gasteiger partial charge < -0.3 is 20.3 Å². The van der Waals surface area contributed by atoms with Crippen molar-refractivity contribution >= 4 is 30.7 Å². The number of halogens is 2. The van der Waals surface area contributed by atoms with E-state index < -0.39 is 5.60 Å². The number of ether oxygens (including phenoxy) is 1. The van der Waals surface area contributed by atoms with Crippen molar-refractivity contribution < 1.29 is 9.53 Å². The predicted molar refractivity (Wildman–Crippen MR) is 98.8 cm³/mol. The molecule has 2 saturated heterocycles. The van der Waals surface area contributed by atoms with Crippen LogP contribution in [-0.2, 0) is 9.53 Å². The summed E-state index contributed by atoms with van der Waals surface area (Å²) in [6.45, 7) is 9.56. The van der Waals surface area contributed by atoms with Gasteiger partial charge in [0.1, 0.15) is 5.60 Å². The number of likely N-dealkylation sites (tertiary alicyclic amines) is 1. The number of hydrogen-bond acceptors (Lipinski definition) is 4. The lowest BCUT2D eigenvalue weighted by Gasteiger charge is -2.38. The first-order chi connectivity index (χ1) is 10.1. The SMILES string of the molecule is COC1(C(=O)NC2CCN(CC(C)C)CC2)CCNCC1.Cl.Cl. The van der Waals surface area contributed by atoms with E-state index >= 15 is 0 Å². The molecule has 1 amide bonds. The number of carbonyl (C=O) groups is 1. The molecule has 0 aromatic rings. The smallest absolute Gasteiger partial charge is 0.252 e. The van der Waals surface area contributed by atoms with E-state index in [-0.39, 0.29) is 30.7 Å². The Kier molecular flexibility index (Phi) is 10.7. The highest BCUT2D eigenvalue weighted by molar-refractivity contribution is 5.86. The monoisotopic (exact) mass is 369 g/mol. The molecule has 7 heteroatoms. The van der Waals surface area contributed by atoms with Gasteiger partial charge in [-0.25, -0.2) is 0 Å². The molecule has 138 valence electrons. The summed E-state index contributed by atoms with van der Waals surface area (Å²) in [5.41, 5.74) is -0.611. The standard InChI is InChI=1S/C16H31N3O2.2ClH/c1-13(2)12-19-10-4-14(5-11-19)18-15(20)16(21-3)6-8-17-9-7-16;;/h13-14,17H,4-12H2,1-3H3,(H,18,20);2*1H. The maximum Gasteiger partial charge on any atom is 0.252 e. The Morgan fingerprint density at radius 2 is 1.83 bits per heavy atom. The average Bonchev–Trinajstić information content (AvgIpc) is 2.49. The molecule has 0 spiro atoms. The molecule has 0 aromatic heterocycles. The third-order valence-electron chi connectivity index (χ3n) is 4.76. The Hall–Kier alpha value is -0.0700. The minimum absolute atomic E-state index is 0. The summed E-state index contributed by atoms with van der Waals surface area (Å²) in [5, 5.41) is 6.53. The highest BCUT2D eigenvalue weighted by atomic mass is 35.5. The maximum atomic E-state index is 12.6. The number of nitrogens with zero attached hydrogens (tertiary/aromatic N) is 1. The molecule has 0 saturated carbocycles. The first-order valence-electron chi connectivity index (χ1n) is 8.35. The topological polar surface area (TPSA) is 53.6 Å². The van der Waals surface area contributed by atoms with Crippen molar-refractivity contribution in [2.45, 2.75) is 51.2 Å². The zero-order chi connectivity index (χ0) is 15.3. The average molecular weight is 370 g/mol. The molecule has 2 fully saturated rings. The van der Waals surface area contributed by atoms with Crippen LogP contribution >= 0.6 is 24.8 Å². The normalized spacial score (nSPS) is 22.1. The van der Waals surface area contributed by atoms with E-state index in [1.54, 1.807) is 7.11 Å². The fourth-order valence-electron chi connectivity index (χ4n) is 3.45. The molecule has 0 unspecified atom stereocenters. The van der Waals surface area contributed by atoms with Crippen LogP contribution in [-0.4, -0.2) is 62.3 Å². The number of piperidine rings is 2. The molecule has 2 rings (SSSR count). The molecular weight excluding hydrogens is 337 g/mol. The van der Waals surface area contributed by atoms with E-state index in [4.69, 9.17) is 4.74 Å². The number of carbonyl (C=O) groups excluding carboxylic acids is 1. The minimum atomic E-state index is -0.611. The van der Waals surface area contributed by atoms with Crippen molar-refractivity contribution in [2.24, 2.45) is 5.92 Å². The van der Waals surface area contributed by atoms with Gasteiger partial charge in [-0.15, -0.1) is 24.8 Å². The zero-order valence-corrected chi connectivity index (χ0v) is 16.2. The minimum Gasteiger partial charge on any atom is -0.368 e. The van der Waals surface area contributed by atoms with Gasteiger partial charge in [0.05, 0.1) is 0 Å². The van der Waals surface area contributed by atoms with Crippen molar-refractivity contribution in [1.82, 2.24) is 15.5 Å². The van der Waals surface area contributed by atoms with Gasteiger partial charge in [0.15, 0.2) is 0 Å². The summed E-state index contributed by atoms with van der Waals surface area (Å²) in [7, 11) is 1.66. The molecule has 2 heterocycles. The molecule has 0 atom stereocenters. The first kappa shape index (κ1) is 22.9. The Labute approximate surface area is 153 Å². The highest BCUT2D eigenvalue weighted by Crippen LogP contribution is 2.23. The van der Waals surface area contributed by atoms with Gasteiger partial charge in [-0.2, -0.15) is 0 Å². The van der Waals surface area contributed by atoms with Crippen LogP contribution < -0.4 is 10.6 Å². The van der Waals surface area contributed by atoms with E-state index in [0.29, 0.717) is 12.0 Å². The Bertz CT molecular complexity index is 342. The molecular formula is C16H33Cl2N3O2. The predicted octanol–water partition coefficient (Wildman–Crippen LogP) is 1.84. The molecule has 2 N–H and O–H groups in total. The first-order valence-corrected chi connectivity index (χ1v) is 8.35. The van der Waals surface area contributed by atoms with Crippen molar-refractivity contribution in [3.8, 4) is 0 Å². The summed E-state index contributed by atoms with van der Waals surface area (Å²) in [6.07, 6.45) is 3.63. The van der Waals surface area contributed by atoms with Gasteiger partial charge in [0.25, 0.3) is 5.91 Å². The fourth-order valence-corrected chi connectivity index (χ4v) is 3.45. The second-order valence-electron chi connectivity index (χ2n) is 6.89. The third kappa shape index (κ3) is 6.39. The quantitative estimate of drug-likeness (QED) is 0.776. The van der Waals surface area contributed by atoms with Crippen LogP contribution in [0.2, 0.25) is 0 Å². The number of amides is 1. The fraction of sp³-hybridized carbons (Fsp3) is 0.938. The van der Waals surface area contributed by atoms with Crippen LogP contribution in [0.4, 0.5) is 0 Å². The molecule has 5 nitrogen and oxygen atoms in total. The van der Waals surface area contributed by atoms with E-state index in [9.17, 15) is 4.79 Å². The van der Waals surface area contributed by atoms with Crippen LogP contribution in [0, 0.1) is 5.92 Å². The Morgan fingerprint density at radius 3 is 2.30 bits per heavy atom. The van der Waals surface area contributed by atoms with E-state index in [0.717, 1.165) is 58.4 Å². The zero-order valence-electron chi connectivity index (χ0n) is 14.6. The van der Waals surface area contributed by atoms with Gasteiger partial charge >= 0.3 is 0 Å². The van der Waals surface area contributed by atoms with Crippen molar-refractivity contribution in [3.05, 3.63) is 0 Å². The molecule has 0 bridgehead atoms. The van der Waals surface area contributed by atoms with Gasteiger partial charge in [0, 0.05) is 32.8 Å². The Morgan fingerprint density at radius 1 is 1.26 bits per heavy atom. The van der Waals surface area contributed by atoms with Gasteiger partial charge in [-0.1, -0.05) is 13.8 Å². The van der Waals surface area contributed by atoms with E-state index in [2.05, 4.69) is 29.4 Å². The summed E-state index contributed by atoms with van der Waals surface area (Å²) < 4.78 is 5.59. The summed E-state index contributed by atoms with van der Waals surface area (Å²) in [5.74, 6) is 0.802. The second kappa shape index (κ2) is 10.7. The second-order valence-corrected chi connectivity index (χ2v) is 6.89. The summed E-state index contributed by atoms with van der Waals surface area (Å²) in [4.78, 5) is 15.1. The molecule has 2 aliphatic rings. The Balaban J connectivity index is 0.00000242. The molecule has 0 radical (unpaired) electrons. The van der Waals surface area contributed by atoms with Crippen molar-refractivity contribution in [2.75, 3.05) is 39.8 Å². The molecule has 2 aliphatic heterocycles. The van der Waals surface area contributed by atoms with Crippen LogP contribution in [0.15, 0.2) is 0 Å². The van der Waals surface area contributed by atoms with Gasteiger partial charge in [-0.3, -0.25) is 4.79 Å². The maximum absolute atomic E-state index is 12.6. The lowest BCUT2D eigenvalue weighted by atomic mass is 9.90. The number of rotatable bonds is 5. The molecule has 0 aromatic carbocycles. The van der Waals surface area contributed by atoms with Crippen LogP contribution in [0.1, 0.15) is 39.5 Å². The lowest BCUT2D eigenvalue weighted by molar-refractivity contribution is -0.147. The van der Waals surface area contributed by atoms with Crippen LogP contribution in [0.3, 0.4) is 0 Å². The van der Waals surface area contributed by atoms with E-state index in [1.807, 2.05) is 0 Å². The van der Waals surface area contributed by atoms with Crippen molar-refractivity contribution in [1.29, 1.82) is 0 Å². The highest BCUT2D eigenvalue weighted by Gasteiger charge is 2.40. The van der Waals surface area contributed by atoms with Gasteiger partial charge in [-0.05, 0) is 44.7 Å². The third-order valence-corrected chi connectivity index (χ3v) is 4.76. The summed E-state index contributed by atoms with van der Waals surface area (Å²) in [6, 6.07) is 0.308. The number of hydrogen-bond donors (Lipinski definition) is 2. The van der Waals surface area contributed by atoms with Crippen LogP contribution in [0.25, 0.3) is 0 Å². The van der Waals surface area contributed by atoms with E-state index in [1.165, 1.54) is 0 Å². The molecule has 0 aliphatic carbocycles. The molecule has 23 heavy (non-hydrogen) atoms. The summed E-state index contributed by atoms with van der Waals surface area (Å²) >= 11 is 0. The number of nitrogens with one attached hydrogen (secondary N) is 2. The lowest BCUT2D eigenvalue weighted by Crippen LogP contribution is -2.57.